The highest BCUT2D eigenvalue weighted by atomic mass is 16.5. The molecule has 13 heavy (non-hydrogen) atoms. The zero-order chi connectivity index (χ0) is 9.94. The number of rotatable bonds is 9. The van der Waals surface area contributed by atoms with Gasteiger partial charge >= 0.3 is 0 Å². The number of hydrogen-bond donors (Lipinski definition) is 0. The Labute approximate surface area is 81.0 Å². The number of ether oxygens (including phenoxy) is 1. The van der Waals surface area contributed by atoms with E-state index in [0.29, 0.717) is 25.2 Å². The van der Waals surface area contributed by atoms with Crippen LogP contribution in [0.15, 0.2) is 12.7 Å². The average Bonchev–Trinajstić information content (AvgIpc) is 2.16. The van der Waals surface area contributed by atoms with Crippen LogP contribution in [0.25, 0.3) is 0 Å². The molecule has 2 nitrogen and oxygen atoms in total. The number of ketones is 1. The van der Waals surface area contributed by atoms with Crippen LogP contribution in [0.4, 0.5) is 0 Å². The van der Waals surface area contributed by atoms with Gasteiger partial charge in [0.25, 0.3) is 0 Å². The van der Waals surface area contributed by atoms with E-state index in [1.807, 2.05) is 13.0 Å². The molecule has 0 saturated carbocycles. The van der Waals surface area contributed by atoms with Gasteiger partial charge in [0.15, 0.2) is 0 Å². The highest BCUT2D eigenvalue weighted by Gasteiger charge is 1.96. The van der Waals surface area contributed by atoms with Gasteiger partial charge in [-0.2, -0.15) is 0 Å². The van der Waals surface area contributed by atoms with E-state index in [0.717, 1.165) is 25.9 Å². The molecule has 0 N–H and O–H groups in total. The summed E-state index contributed by atoms with van der Waals surface area (Å²) < 4.78 is 5.33. The van der Waals surface area contributed by atoms with Gasteiger partial charge in [0.2, 0.25) is 0 Å². The summed E-state index contributed by atoms with van der Waals surface area (Å²) in [5.74, 6) is 0.328. The lowest BCUT2D eigenvalue weighted by Gasteiger charge is -2.01. The van der Waals surface area contributed by atoms with E-state index in [9.17, 15) is 4.79 Å². The summed E-state index contributed by atoms with van der Waals surface area (Å²) in [5, 5.41) is 0. The second-order valence-electron chi connectivity index (χ2n) is 3.04. The molecule has 0 aromatic rings. The summed E-state index contributed by atoms with van der Waals surface area (Å²) in [4.78, 5) is 10.9. The van der Waals surface area contributed by atoms with Gasteiger partial charge in [0.05, 0.1) is 0 Å². The molecule has 0 rings (SSSR count). The topological polar surface area (TPSA) is 26.3 Å². The molecule has 0 aliphatic carbocycles. The second-order valence-corrected chi connectivity index (χ2v) is 3.04. The van der Waals surface area contributed by atoms with Crippen LogP contribution >= 0.6 is 0 Å². The molecule has 0 unspecified atom stereocenters. The van der Waals surface area contributed by atoms with Crippen LogP contribution in [0.3, 0.4) is 0 Å². The monoisotopic (exact) mass is 184 g/mol. The van der Waals surface area contributed by atoms with E-state index in [-0.39, 0.29) is 0 Å². The van der Waals surface area contributed by atoms with Crippen LogP contribution in [0.2, 0.25) is 0 Å². The number of allylic oxidation sites excluding steroid dienone is 1. The first kappa shape index (κ1) is 12.4. The fourth-order valence-corrected chi connectivity index (χ4v) is 0.980. The minimum absolute atomic E-state index is 0.328. The van der Waals surface area contributed by atoms with Crippen LogP contribution in [-0.2, 0) is 9.53 Å². The molecular formula is C11H20O2. The largest absolute Gasteiger partial charge is 0.381 e. The SMILES string of the molecule is C=CCCCOCCCC(=O)CC. The maximum Gasteiger partial charge on any atom is 0.132 e. The maximum atomic E-state index is 10.9. The second kappa shape index (κ2) is 9.46. The van der Waals surface area contributed by atoms with E-state index in [2.05, 4.69) is 6.58 Å². The van der Waals surface area contributed by atoms with E-state index in [1.165, 1.54) is 0 Å². The van der Waals surface area contributed by atoms with Crippen molar-refractivity contribution in [2.75, 3.05) is 13.2 Å². The van der Waals surface area contributed by atoms with Crippen molar-refractivity contribution in [3.05, 3.63) is 12.7 Å². The van der Waals surface area contributed by atoms with Crippen molar-refractivity contribution in [2.24, 2.45) is 0 Å². The van der Waals surface area contributed by atoms with E-state index < -0.39 is 0 Å². The molecule has 0 heterocycles. The van der Waals surface area contributed by atoms with Gasteiger partial charge in [-0.1, -0.05) is 13.0 Å². The summed E-state index contributed by atoms with van der Waals surface area (Å²) in [5.41, 5.74) is 0. The van der Waals surface area contributed by atoms with Gasteiger partial charge in [0.1, 0.15) is 5.78 Å². The molecule has 0 amide bonds. The van der Waals surface area contributed by atoms with Gasteiger partial charge in [-0.25, -0.2) is 0 Å². The predicted octanol–water partition coefficient (Wildman–Crippen LogP) is 2.73. The number of carbonyl (C=O) groups excluding carboxylic acids is 1. The van der Waals surface area contributed by atoms with Crippen molar-refractivity contribution in [3.8, 4) is 0 Å². The lowest BCUT2D eigenvalue weighted by atomic mass is 10.2. The van der Waals surface area contributed by atoms with Crippen LogP contribution < -0.4 is 0 Å². The summed E-state index contributed by atoms with van der Waals surface area (Å²) in [6.45, 7) is 7.02. The van der Waals surface area contributed by atoms with Crippen LogP contribution in [-0.4, -0.2) is 19.0 Å². The number of unbranched alkanes of at least 4 members (excludes halogenated alkanes) is 1. The van der Waals surface area contributed by atoms with Crippen molar-refractivity contribution >= 4 is 5.78 Å². The summed E-state index contributed by atoms with van der Waals surface area (Å²) in [6.07, 6.45) is 6.11. The van der Waals surface area contributed by atoms with E-state index in [1.54, 1.807) is 0 Å². The lowest BCUT2D eigenvalue weighted by Crippen LogP contribution is -2.01. The first-order valence-corrected chi connectivity index (χ1v) is 5.01. The van der Waals surface area contributed by atoms with Gasteiger partial charge in [-0.05, 0) is 19.3 Å². The third-order valence-electron chi connectivity index (χ3n) is 1.84. The summed E-state index contributed by atoms with van der Waals surface area (Å²) >= 11 is 0. The lowest BCUT2D eigenvalue weighted by molar-refractivity contribution is -0.119. The molecule has 0 spiro atoms. The molecule has 0 aliphatic rings. The zero-order valence-corrected chi connectivity index (χ0v) is 8.55. The molecule has 0 aromatic carbocycles. The molecule has 0 radical (unpaired) electrons. The molecule has 0 saturated heterocycles. The Hall–Kier alpha value is -0.630. The van der Waals surface area contributed by atoms with Gasteiger partial charge in [-0.15, -0.1) is 6.58 Å². The Morgan fingerprint density at radius 3 is 2.69 bits per heavy atom. The fourth-order valence-electron chi connectivity index (χ4n) is 0.980. The third kappa shape index (κ3) is 9.28. The number of Topliss-reactive ketones (excluding diaryl/α,β-unsaturated/α-hetero) is 1. The Morgan fingerprint density at radius 1 is 1.38 bits per heavy atom. The molecule has 0 atom stereocenters. The first-order valence-electron chi connectivity index (χ1n) is 5.01. The molecule has 0 aromatic heterocycles. The van der Waals surface area contributed by atoms with Gasteiger partial charge in [0, 0.05) is 26.1 Å². The smallest absolute Gasteiger partial charge is 0.132 e. The minimum Gasteiger partial charge on any atom is -0.381 e. The molecular weight excluding hydrogens is 164 g/mol. The first-order chi connectivity index (χ1) is 6.31. The molecule has 2 heteroatoms. The Morgan fingerprint density at radius 2 is 2.08 bits per heavy atom. The Bertz CT molecular complexity index is 141. The highest BCUT2D eigenvalue weighted by molar-refractivity contribution is 5.77. The minimum atomic E-state index is 0.328. The van der Waals surface area contributed by atoms with Gasteiger partial charge < -0.3 is 4.74 Å². The molecule has 0 aliphatic heterocycles. The van der Waals surface area contributed by atoms with Gasteiger partial charge in [-0.3, -0.25) is 4.79 Å². The number of carbonyl (C=O) groups is 1. The molecule has 0 fully saturated rings. The normalized spacial score (nSPS) is 9.92. The van der Waals surface area contributed by atoms with E-state index >= 15 is 0 Å². The zero-order valence-electron chi connectivity index (χ0n) is 8.55. The predicted molar refractivity (Wildman–Crippen MR) is 54.8 cm³/mol. The average molecular weight is 184 g/mol. The molecule has 76 valence electrons. The number of hydrogen-bond acceptors (Lipinski definition) is 2. The van der Waals surface area contributed by atoms with Crippen LogP contribution in [0, 0.1) is 0 Å². The summed E-state index contributed by atoms with van der Waals surface area (Å²) in [6, 6.07) is 0. The van der Waals surface area contributed by atoms with Crippen molar-refractivity contribution in [3.63, 3.8) is 0 Å². The summed E-state index contributed by atoms with van der Waals surface area (Å²) in [7, 11) is 0. The maximum absolute atomic E-state index is 10.9. The van der Waals surface area contributed by atoms with Crippen molar-refractivity contribution in [2.45, 2.75) is 39.0 Å². The highest BCUT2D eigenvalue weighted by Crippen LogP contribution is 1.96. The fraction of sp³-hybridized carbons (Fsp3) is 0.727. The third-order valence-corrected chi connectivity index (χ3v) is 1.84. The van der Waals surface area contributed by atoms with Crippen molar-refractivity contribution in [1.29, 1.82) is 0 Å². The Kier molecular flexibility index (Phi) is 9.00. The van der Waals surface area contributed by atoms with E-state index in [4.69, 9.17) is 4.74 Å². The Balaban J connectivity index is 2.99. The standard InChI is InChI=1S/C11H20O2/c1-3-5-6-9-13-10-7-8-11(12)4-2/h3H,1,4-10H2,2H3. The van der Waals surface area contributed by atoms with Crippen LogP contribution in [0.5, 0.6) is 0 Å². The van der Waals surface area contributed by atoms with Crippen molar-refractivity contribution < 1.29 is 9.53 Å². The van der Waals surface area contributed by atoms with Crippen molar-refractivity contribution in [1.82, 2.24) is 0 Å². The molecule has 0 bridgehead atoms. The quantitative estimate of drug-likeness (QED) is 0.407. The van der Waals surface area contributed by atoms with Crippen LogP contribution in [0.1, 0.15) is 39.0 Å².